The molecule has 3 rings (SSSR count). The lowest BCUT2D eigenvalue weighted by atomic mass is 10.0. The fourth-order valence-electron chi connectivity index (χ4n) is 2.52. The van der Waals surface area contributed by atoms with Gasteiger partial charge in [-0.15, -0.1) is 11.8 Å². The summed E-state index contributed by atoms with van der Waals surface area (Å²) >= 11 is 1.47. The number of hydrogen-bond donors (Lipinski definition) is 1. The Morgan fingerprint density at radius 1 is 1.09 bits per heavy atom. The molecule has 5 heteroatoms. The van der Waals surface area contributed by atoms with Crippen LogP contribution in [0.15, 0.2) is 54.6 Å². The number of hydrogen-bond acceptors (Lipinski definition) is 3. The maximum atomic E-state index is 11.8. The average Bonchev–Trinajstić information content (AvgIpc) is 2.89. The number of amides is 1. The molecule has 4 nitrogen and oxygen atoms in total. The SMILES string of the molecule is O=C(O)CN1C(=O)CSC1c1ccc(-c2ccccc2)cc1. The molecular formula is C17H15NO3S. The minimum atomic E-state index is -0.984. The van der Waals surface area contributed by atoms with Crippen molar-refractivity contribution in [3.63, 3.8) is 0 Å². The summed E-state index contributed by atoms with van der Waals surface area (Å²) < 4.78 is 0. The third-order valence-electron chi connectivity index (χ3n) is 3.58. The molecule has 0 bridgehead atoms. The first-order valence-corrected chi connectivity index (χ1v) is 7.98. The standard InChI is InChI=1S/C17H15NO3S/c19-15-11-22-17(18(15)10-16(20)21)14-8-6-13(7-9-14)12-4-2-1-3-5-12/h1-9,17H,10-11H2,(H,20,21). The Hall–Kier alpha value is -2.27. The highest BCUT2D eigenvalue weighted by Gasteiger charge is 2.33. The smallest absolute Gasteiger partial charge is 0.323 e. The molecule has 2 aromatic carbocycles. The van der Waals surface area contributed by atoms with Crippen LogP contribution in [0.3, 0.4) is 0 Å². The number of carbonyl (C=O) groups is 2. The second-order valence-electron chi connectivity index (χ2n) is 5.07. The molecule has 1 N–H and O–H groups in total. The molecule has 0 radical (unpaired) electrons. The van der Waals surface area contributed by atoms with Gasteiger partial charge in [0.2, 0.25) is 5.91 Å². The van der Waals surface area contributed by atoms with Crippen molar-refractivity contribution in [2.45, 2.75) is 5.37 Å². The van der Waals surface area contributed by atoms with E-state index in [2.05, 4.69) is 0 Å². The molecule has 0 aliphatic carbocycles. The van der Waals surface area contributed by atoms with E-state index in [4.69, 9.17) is 5.11 Å². The number of rotatable bonds is 4. The molecule has 0 saturated carbocycles. The molecule has 1 aliphatic rings. The van der Waals surface area contributed by atoms with E-state index in [0.29, 0.717) is 5.75 Å². The molecule has 0 aromatic heterocycles. The summed E-state index contributed by atoms with van der Waals surface area (Å²) in [6.45, 7) is -0.253. The Morgan fingerprint density at radius 3 is 2.36 bits per heavy atom. The van der Waals surface area contributed by atoms with Crippen molar-refractivity contribution in [2.75, 3.05) is 12.3 Å². The molecule has 2 aromatic rings. The lowest BCUT2D eigenvalue weighted by Crippen LogP contribution is -2.33. The zero-order valence-electron chi connectivity index (χ0n) is 11.8. The summed E-state index contributed by atoms with van der Waals surface area (Å²) in [5.74, 6) is -0.774. The fourth-order valence-corrected chi connectivity index (χ4v) is 3.71. The molecule has 1 atom stereocenters. The molecule has 112 valence electrons. The van der Waals surface area contributed by atoms with Crippen LogP contribution in [-0.4, -0.2) is 34.2 Å². The van der Waals surface area contributed by atoms with Gasteiger partial charge in [0.25, 0.3) is 0 Å². The van der Waals surface area contributed by atoms with Crippen molar-refractivity contribution in [1.82, 2.24) is 4.90 Å². The first-order chi connectivity index (χ1) is 10.6. The molecular weight excluding hydrogens is 298 g/mol. The van der Waals surface area contributed by atoms with Gasteiger partial charge < -0.3 is 10.0 Å². The van der Waals surface area contributed by atoms with Crippen molar-refractivity contribution in [3.8, 4) is 11.1 Å². The number of benzene rings is 2. The van der Waals surface area contributed by atoms with E-state index in [1.807, 2.05) is 54.6 Å². The number of aliphatic carboxylic acids is 1. The van der Waals surface area contributed by atoms with Crippen molar-refractivity contribution >= 4 is 23.6 Å². The van der Waals surface area contributed by atoms with Gasteiger partial charge in [0, 0.05) is 0 Å². The third-order valence-corrected chi connectivity index (χ3v) is 4.83. The Labute approximate surface area is 132 Å². The summed E-state index contributed by atoms with van der Waals surface area (Å²) in [7, 11) is 0. The summed E-state index contributed by atoms with van der Waals surface area (Å²) in [4.78, 5) is 24.2. The van der Waals surface area contributed by atoms with Crippen LogP contribution in [-0.2, 0) is 9.59 Å². The first kappa shape index (κ1) is 14.7. The van der Waals surface area contributed by atoms with Crippen LogP contribution >= 0.6 is 11.8 Å². The van der Waals surface area contributed by atoms with Crippen LogP contribution in [0.1, 0.15) is 10.9 Å². The van der Waals surface area contributed by atoms with E-state index in [-0.39, 0.29) is 17.8 Å². The first-order valence-electron chi connectivity index (χ1n) is 6.93. The number of carboxylic acids is 1. The Bertz CT molecular complexity index is 685. The predicted octanol–water partition coefficient (Wildman–Crippen LogP) is 3.01. The zero-order chi connectivity index (χ0) is 15.5. The van der Waals surface area contributed by atoms with Gasteiger partial charge in [-0.1, -0.05) is 54.6 Å². The largest absolute Gasteiger partial charge is 0.480 e. The number of nitrogens with zero attached hydrogens (tertiary/aromatic N) is 1. The molecule has 1 unspecified atom stereocenters. The quantitative estimate of drug-likeness (QED) is 0.942. The van der Waals surface area contributed by atoms with Gasteiger partial charge in [0.1, 0.15) is 11.9 Å². The van der Waals surface area contributed by atoms with Gasteiger partial charge in [-0.2, -0.15) is 0 Å². The van der Waals surface area contributed by atoms with Gasteiger partial charge in [-0.05, 0) is 16.7 Å². The highest BCUT2D eigenvalue weighted by atomic mass is 32.2. The highest BCUT2D eigenvalue weighted by molar-refractivity contribution is 8.00. The lowest BCUT2D eigenvalue weighted by molar-refractivity contribution is -0.143. The van der Waals surface area contributed by atoms with E-state index < -0.39 is 5.97 Å². The third kappa shape index (κ3) is 2.99. The molecule has 1 fully saturated rings. The van der Waals surface area contributed by atoms with Gasteiger partial charge in [0.15, 0.2) is 0 Å². The number of thioether (sulfide) groups is 1. The monoisotopic (exact) mass is 313 g/mol. The van der Waals surface area contributed by atoms with E-state index in [1.165, 1.54) is 16.7 Å². The maximum absolute atomic E-state index is 11.8. The Balaban J connectivity index is 1.83. The van der Waals surface area contributed by atoms with Crippen LogP contribution in [0.5, 0.6) is 0 Å². The summed E-state index contributed by atoms with van der Waals surface area (Å²) in [6, 6.07) is 18.0. The van der Waals surface area contributed by atoms with Gasteiger partial charge in [-0.3, -0.25) is 9.59 Å². The second-order valence-corrected chi connectivity index (χ2v) is 6.14. The summed E-state index contributed by atoms with van der Waals surface area (Å²) in [6.07, 6.45) is 0. The van der Waals surface area contributed by atoms with Crippen LogP contribution in [0.25, 0.3) is 11.1 Å². The van der Waals surface area contributed by atoms with Crippen LogP contribution in [0.4, 0.5) is 0 Å². The van der Waals surface area contributed by atoms with Crippen LogP contribution in [0.2, 0.25) is 0 Å². The van der Waals surface area contributed by atoms with E-state index >= 15 is 0 Å². The normalized spacial score (nSPS) is 17.7. The molecule has 22 heavy (non-hydrogen) atoms. The van der Waals surface area contributed by atoms with Crippen LogP contribution in [0, 0.1) is 0 Å². The van der Waals surface area contributed by atoms with Crippen molar-refractivity contribution in [1.29, 1.82) is 0 Å². The van der Waals surface area contributed by atoms with Crippen molar-refractivity contribution in [3.05, 3.63) is 60.2 Å². The van der Waals surface area contributed by atoms with E-state index in [0.717, 1.165) is 16.7 Å². The molecule has 1 saturated heterocycles. The Morgan fingerprint density at radius 2 is 1.73 bits per heavy atom. The molecule has 1 amide bonds. The van der Waals surface area contributed by atoms with E-state index in [9.17, 15) is 9.59 Å². The fraction of sp³-hybridized carbons (Fsp3) is 0.176. The molecule has 1 aliphatic heterocycles. The zero-order valence-corrected chi connectivity index (χ0v) is 12.6. The van der Waals surface area contributed by atoms with Crippen molar-refractivity contribution < 1.29 is 14.7 Å². The molecule has 1 heterocycles. The molecule has 0 spiro atoms. The highest BCUT2D eigenvalue weighted by Crippen LogP contribution is 2.38. The van der Waals surface area contributed by atoms with E-state index in [1.54, 1.807) is 0 Å². The minimum absolute atomic E-state index is 0.121. The predicted molar refractivity (Wildman–Crippen MR) is 86.4 cm³/mol. The maximum Gasteiger partial charge on any atom is 0.323 e. The average molecular weight is 313 g/mol. The van der Waals surface area contributed by atoms with Crippen molar-refractivity contribution in [2.24, 2.45) is 0 Å². The van der Waals surface area contributed by atoms with Gasteiger partial charge >= 0.3 is 5.97 Å². The van der Waals surface area contributed by atoms with Gasteiger partial charge in [0.05, 0.1) is 5.75 Å². The Kier molecular flexibility index (Phi) is 4.15. The number of carbonyl (C=O) groups excluding carboxylic acids is 1. The summed E-state index contributed by atoms with van der Waals surface area (Å²) in [5.41, 5.74) is 3.19. The minimum Gasteiger partial charge on any atom is -0.480 e. The lowest BCUT2D eigenvalue weighted by Gasteiger charge is -2.22. The number of carboxylic acid groups (broad SMARTS) is 1. The van der Waals surface area contributed by atoms with Crippen LogP contribution < -0.4 is 0 Å². The summed E-state index contributed by atoms with van der Waals surface area (Å²) in [5, 5.41) is 8.73. The second kappa shape index (κ2) is 6.23. The topological polar surface area (TPSA) is 57.6 Å². The van der Waals surface area contributed by atoms with Gasteiger partial charge in [-0.25, -0.2) is 0 Å².